The Hall–Kier alpha value is -2.41. The molecular formula is C22H29FN3O3+. The zero-order chi connectivity index (χ0) is 20.6. The lowest BCUT2D eigenvalue weighted by Gasteiger charge is -2.40. The van der Waals surface area contributed by atoms with Crippen LogP contribution in [0.3, 0.4) is 0 Å². The molecule has 1 atom stereocenters. The van der Waals surface area contributed by atoms with Crippen LogP contribution in [0.5, 0.6) is 11.6 Å². The molecule has 1 saturated carbocycles. The number of quaternary nitrogens is 1. The van der Waals surface area contributed by atoms with Gasteiger partial charge in [-0.1, -0.05) is 6.07 Å². The Kier molecular flexibility index (Phi) is 5.34. The third-order valence-electron chi connectivity index (χ3n) is 6.41. The fourth-order valence-corrected chi connectivity index (χ4v) is 4.17. The van der Waals surface area contributed by atoms with E-state index < -0.39 is 0 Å². The van der Waals surface area contributed by atoms with E-state index in [0.29, 0.717) is 28.4 Å². The zero-order valence-electron chi connectivity index (χ0n) is 17.4. The van der Waals surface area contributed by atoms with Gasteiger partial charge in [0.15, 0.2) is 11.6 Å². The topological polar surface area (TPSA) is 53.4 Å². The van der Waals surface area contributed by atoms with Crippen LogP contribution < -0.4 is 19.6 Å². The molecule has 1 aromatic carbocycles. The van der Waals surface area contributed by atoms with E-state index in [-0.39, 0.29) is 30.1 Å². The van der Waals surface area contributed by atoms with E-state index >= 15 is 0 Å². The number of halogens is 1. The third kappa shape index (κ3) is 4.01. The van der Waals surface area contributed by atoms with Crippen molar-refractivity contribution < 1.29 is 13.9 Å². The highest BCUT2D eigenvalue weighted by Crippen LogP contribution is 2.30. The summed E-state index contributed by atoms with van der Waals surface area (Å²) < 4.78 is 28.2. The van der Waals surface area contributed by atoms with Crippen LogP contribution in [-0.2, 0) is 13.2 Å². The molecule has 0 N–H and O–H groups in total. The lowest BCUT2D eigenvalue weighted by atomic mass is 10.1. The average molecular weight is 402 g/mol. The van der Waals surface area contributed by atoms with Gasteiger partial charge < -0.3 is 9.47 Å². The first kappa shape index (κ1) is 19.9. The van der Waals surface area contributed by atoms with Crippen molar-refractivity contribution in [2.24, 2.45) is 0 Å². The minimum absolute atomic E-state index is 0.114. The summed E-state index contributed by atoms with van der Waals surface area (Å²) in [6.07, 6.45) is 5.29. The quantitative estimate of drug-likeness (QED) is 0.717. The normalized spacial score (nSPS) is 21.0. The summed E-state index contributed by atoms with van der Waals surface area (Å²) in [5.74, 6) is 1.06. The molecular weight excluding hydrogens is 373 g/mol. The Morgan fingerprint density at radius 2 is 1.97 bits per heavy atom. The van der Waals surface area contributed by atoms with Gasteiger partial charge in [-0.2, -0.15) is 4.98 Å². The highest BCUT2D eigenvalue weighted by molar-refractivity contribution is 5.40. The molecule has 1 unspecified atom stereocenters. The van der Waals surface area contributed by atoms with Crippen molar-refractivity contribution in [1.82, 2.24) is 14.0 Å². The summed E-state index contributed by atoms with van der Waals surface area (Å²) in [6.45, 7) is 2.98. The first-order valence-electron chi connectivity index (χ1n) is 10.4. The molecule has 0 spiro atoms. The molecule has 2 aliphatic rings. The largest absolute Gasteiger partial charge is 0.487 e. The molecule has 0 saturated heterocycles. The van der Waals surface area contributed by atoms with Gasteiger partial charge in [-0.3, -0.25) is 4.48 Å². The summed E-state index contributed by atoms with van der Waals surface area (Å²) in [4.78, 5) is 16.5. The summed E-state index contributed by atoms with van der Waals surface area (Å²) in [5, 5.41) is 0. The molecule has 1 aliphatic carbocycles. The summed E-state index contributed by atoms with van der Waals surface area (Å²) in [6, 6.07) is 7.10. The molecule has 1 aliphatic heterocycles. The molecule has 1 fully saturated rings. The summed E-state index contributed by atoms with van der Waals surface area (Å²) in [7, 11) is 4.16. The Morgan fingerprint density at radius 1 is 1.21 bits per heavy atom. The first-order valence-corrected chi connectivity index (χ1v) is 10.4. The van der Waals surface area contributed by atoms with E-state index in [9.17, 15) is 9.18 Å². The van der Waals surface area contributed by atoms with Crippen molar-refractivity contribution >= 4 is 5.82 Å². The van der Waals surface area contributed by atoms with Crippen LogP contribution in [0.2, 0.25) is 0 Å². The molecule has 0 radical (unpaired) electrons. The molecule has 1 aromatic heterocycles. The van der Waals surface area contributed by atoms with Gasteiger partial charge in [-0.15, -0.1) is 0 Å². The zero-order valence-corrected chi connectivity index (χ0v) is 17.4. The Labute approximate surface area is 170 Å². The summed E-state index contributed by atoms with van der Waals surface area (Å²) >= 11 is 0. The van der Waals surface area contributed by atoms with Crippen molar-refractivity contribution in [3.8, 4) is 11.6 Å². The van der Waals surface area contributed by atoms with Crippen LogP contribution >= 0.6 is 0 Å². The molecule has 2 aromatic rings. The minimum Gasteiger partial charge on any atom is -0.487 e. The van der Waals surface area contributed by atoms with Crippen molar-refractivity contribution in [2.75, 3.05) is 14.1 Å². The lowest BCUT2D eigenvalue weighted by molar-refractivity contribution is 0.200. The average Bonchev–Trinajstić information content (AvgIpc) is 3.19. The monoisotopic (exact) mass is 402 g/mol. The van der Waals surface area contributed by atoms with Gasteiger partial charge in [0, 0.05) is 13.0 Å². The number of hydrogen-bond acceptors (Lipinski definition) is 4. The van der Waals surface area contributed by atoms with E-state index in [1.165, 1.54) is 6.07 Å². The van der Waals surface area contributed by atoms with Gasteiger partial charge in [-0.25, -0.2) is 13.8 Å². The molecule has 0 amide bonds. The van der Waals surface area contributed by atoms with Gasteiger partial charge in [-0.05, 0) is 50.3 Å². The van der Waals surface area contributed by atoms with Gasteiger partial charge in [0.2, 0.25) is 11.7 Å². The molecule has 4 rings (SSSR count). The number of ether oxygens (including phenoxy) is 2. The number of hydrogen-bond donors (Lipinski definition) is 0. The van der Waals surface area contributed by atoms with E-state index in [4.69, 9.17) is 9.47 Å². The Balaban J connectivity index is 1.48. The van der Waals surface area contributed by atoms with Crippen LogP contribution in [0.4, 0.5) is 10.2 Å². The van der Waals surface area contributed by atoms with Crippen LogP contribution in [0.25, 0.3) is 0 Å². The Bertz CT molecular complexity index is 951. The maximum atomic E-state index is 14.4. The molecule has 2 heterocycles. The fraction of sp³-hybridized carbons (Fsp3) is 0.545. The SMILES string of the molecule is CC1CCn2c(cc(OCc3ccc(OC4CCCC4)c(F)c3)nc2=O)[N+]1(C)C. The molecule has 156 valence electrons. The highest BCUT2D eigenvalue weighted by atomic mass is 19.1. The third-order valence-corrected chi connectivity index (χ3v) is 6.41. The molecule has 29 heavy (non-hydrogen) atoms. The number of benzene rings is 1. The molecule has 7 heteroatoms. The van der Waals surface area contributed by atoms with Gasteiger partial charge in [0.25, 0.3) is 0 Å². The number of aromatic nitrogens is 2. The highest BCUT2D eigenvalue weighted by Gasteiger charge is 2.35. The van der Waals surface area contributed by atoms with Crippen molar-refractivity contribution in [3.63, 3.8) is 0 Å². The molecule has 0 bridgehead atoms. The van der Waals surface area contributed by atoms with E-state index in [2.05, 4.69) is 26.0 Å². The summed E-state index contributed by atoms with van der Waals surface area (Å²) in [5.41, 5.74) is 0.366. The second kappa shape index (κ2) is 7.78. The van der Waals surface area contributed by atoms with Gasteiger partial charge >= 0.3 is 5.69 Å². The Morgan fingerprint density at radius 3 is 2.69 bits per heavy atom. The maximum absolute atomic E-state index is 14.4. The molecule has 6 nitrogen and oxygen atoms in total. The van der Waals surface area contributed by atoms with Crippen molar-refractivity contribution in [1.29, 1.82) is 0 Å². The van der Waals surface area contributed by atoms with E-state index in [1.807, 2.05) is 6.07 Å². The lowest BCUT2D eigenvalue weighted by Crippen LogP contribution is -2.55. The van der Waals surface area contributed by atoms with Crippen molar-refractivity contribution in [3.05, 3.63) is 46.1 Å². The maximum Gasteiger partial charge on any atom is 0.355 e. The standard InChI is InChI=1S/C22H29FN3O3/c1-15-10-11-25-21(26(15,2)3)13-20(24-22(25)27)28-14-16-8-9-19(18(23)12-16)29-17-6-4-5-7-17/h8-9,12-13,15,17H,4-7,10-11,14H2,1-3H3/q+1. The second-order valence-corrected chi connectivity index (χ2v) is 8.64. The van der Waals surface area contributed by atoms with Gasteiger partial charge in [0.1, 0.15) is 6.61 Å². The van der Waals surface area contributed by atoms with Crippen LogP contribution in [-0.4, -0.2) is 35.8 Å². The number of fused-ring (bicyclic) bond motifs is 1. The number of rotatable bonds is 5. The predicted molar refractivity (Wildman–Crippen MR) is 110 cm³/mol. The fourth-order valence-electron chi connectivity index (χ4n) is 4.17. The van der Waals surface area contributed by atoms with Crippen LogP contribution in [0.15, 0.2) is 29.1 Å². The first-order chi connectivity index (χ1) is 13.8. The van der Waals surface area contributed by atoms with E-state index in [1.54, 1.807) is 16.7 Å². The number of nitrogens with zero attached hydrogens (tertiary/aromatic N) is 3. The smallest absolute Gasteiger partial charge is 0.355 e. The minimum atomic E-state index is -0.386. The second-order valence-electron chi connectivity index (χ2n) is 8.64. The van der Waals surface area contributed by atoms with Gasteiger partial charge in [0.05, 0.1) is 32.3 Å². The van der Waals surface area contributed by atoms with E-state index in [0.717, 1.165) is 37.9 Å². The predicted octanol–water partition coefficient (Wildman–Crippen LogP) is 3.64. The van der Waals surface area contributed by atoms with Crippen LogP contribution in [0, 0.1) is 5.82 Å². The van der Waals surface area contributed by atoms with Crippen LogP contribution in [0.1, 0.15) is 44.6 Å². The van der Waals surface area contributed by atoms with Crippen molar-refractivity contribution in [2.45, 2.75) is 64.3 Å².